The molecule has 0 aliphatic rings. The SMILES string of the molecule is O=P(CCC(Cl)Br)(OCCC(Cl)Br)OCCC(Cl)Br. The third kappa shape index (κ3) is 13.8. The van der Waals surface area contributed by atoms with Crippen LogP contribution >= 0.6 is 90.2 Å². The number of hydrogen-bond donors (Lipinski definition) is 0. The van der Waals surface area contributed by atoms with Crippen LogP contribution < -0.4 is 0 Å². The summed E-state index contributed by atoms with van der Waals surface area (Å²) < 4.78 is 22.5. The summed E-state index contributed by atoms with van der Waals surface area (Å²) in [4.78, 5) is 0. The lowest BCUT2D eigenvalue weighted by Gasteiger charge is -2.19. The van der Waals surface area contributed by atoms with Crippen LogP contribution in [-0.4, -0.2) is 32.2 Å². The molecule has 0 fully saturated rings. The molecular weight excluding hydrogens is 533 g/mol. The van der Waals surface area contributed by atoms with Gasteiger partial charge in [-0.1, -0.05) is 47.8 Å². The quantitative estimate of drug-likeness (QED) is 0.226. The van der Waals surface area contributed by atoms with Crippen LogP contribution in [0.15, 0.2) is 0 Å². The smallest absolute Gasteiger partial charge is 0.308 e. The van der Waals surface area contributed by atoms with E-state index in [0.29, 0.717) is 19.3 Å². The standard InChI is InChI=1S/C9H15Br3Cl3O3P/c10-7(13)1-4-17-19(16,6-3-9(12)15)18-5-2-8(11)14/h7-9H,1-6H2. The molecule has 19 heavy (non-hydrogen) atoms. The number of hydrogen-bond acceptors (Lipinski definition) is 3. The number of alkyl halides is 6. The van der Waals surface area contributed by atoms with E-state index < -0.39 is 7.60 Å². The first-order valence-corrected chi connectivity index (χ1v) is 11.3. The minimum absolute atomic E-state index is 0.215. The normalized spacial score (nSPS) is 19.7. The molecule has 0 aromatic heterocycles. The first kappa shape index (κ1) is 21.5. The van der Waals surface area contributed by atoms with Crippen molar-refractivity contribution in [1.82, 2.24) is 0 Å². The average Bonchev–Trinajstić information content (AvgIpc) is 2.25. The molecule has 0 aromatic carbocycles. The molecule has 0 aliphatic carbocycles. The lowest BCUT2D eigenvalue weighted by atomic mass is 10.5. The molecule has 0 aliphatic heterocycles. The van der Waals surface area contributed by atoms with Gasteiger partial charge in [-0.05, 0) is 19.3 Å². The maximum atomic E-state index is 12.4. The Kier molecular flexibility index (Phi) is 13.5. The average molecular weight is 548 g/mol. The Balaban J connectivity index is 4.23. The second-order valence-electron chi connectivity index (χ2n) is 3.54. The lowest BCUT2D eigenvalue weighted by Crippen LogP contribution is -2.07. The Hall–Kier alpha value is 2.46. The largest absolute Gasteiger partial charge is 0.330 e. The molecule has 0 bridgehead atoms. The van der Waals surface area contributed by atoms with Crippen molar-refractivity contribution in [1.29, 1.82) is 0 Å². The maximum Gasteiger partial charge on any atom is 0.330 e. The number of halogens is 6. The zero-order valence-corrected chi connectivity index (χ0v) is 17.8. The van der Waals surface area contributed by atoms with Gasteiger partial charge in [0.15, 0.2) is 0 Å². The van der Waals surface area contributed by atoms with Crippen LogP contribution in [0.1, 0.15) is 19.3 Å². The Morgan fingerprint density at radius 3 is 1.53 bits per heavy atom. The Morgan fingerprint density at radius 2 is 1.21 bits per heavy atom. The van der Waals surface area contributed by atoms with Crippen LogP contribution in [0.3, 0.4) is 0 Å². The van der Waals surface area contributed by atoms with Gasteiger partial charge in [0.1, 0.15) is 0 Å². The van der Waals surface area contributed by atoms with Gasteiger partial charge < -0.3 is 9.05 Å². The number of rotatable bonds is 11. The van der Waals surface area contributed by atoms with E-state index in [4.69, 9.17) is 43.9 Å². The molecular formula is C9H15Br3Cl3O3P. The highest BCUT2D eigenvalue weighted by molar-refractivity contribution is 9.10. The fraction of sp³-hybridized carbons (Fsp3) is 1.00. The molecule has 3 unspecified atom stereocenters. The van der Waals surface area contributed by atoms with E-state index >= 15 is 0 Å². The van der Waals surface area contributed by atoms with Gasteiger partial charge in [-0.25, -0.2) is 0 Å². The molecule has 0 radical (unpaired) electrons. The van der Waals surface area contributed by atoms with Crippen LogP contribution in [0.2, 0.25) is 0 Å². The van der Waals surface area contributed by atoms with Crippen molar-refractivity contribution >= 4 is 90.2 Å². The Morgan fingerprint density at radius 1 is 0.842 bits per heavy atom. The minimum atomic E-state index is -3.16. The van der Waals surface area contributed by atoms with Crippen molar-refractivity contribution in [2.75, 3.05) is 19.4 Å². The molecule has 0 heterocycles. The summed E-state index contributed by atoms with van der Waals surface area (Å²) >= 11 is 26.8. The van der Waals surface area contributed by atoms with E-state index in [1.54, 1.807) is 0 Å². The van der Waals surface area contributed by atoms with E-state index in [1.807, 2.05) is 0 Å². The highest BCUT2D eigenvalue weighted by Crippen LogP contribution is 2.50. The summed E-state index contributed by atoms with van der Waals surface area (Å²) in [5, 5.41) is 0. The summed E-state index contributed by atoms with van der Waals surface area (Å²) in [6.45, 7) is 0.509. The molecule has 0 N–H and O–H groups in total. The van der Waals surface area contributed by atoms with Gasteiger partial charge in [0.25, 0.3) is 0 Å². The van der Waals surface area contributed by atoms with Crippen LogP contribution in [0.25, 0.3) is 0 Å². The third-order valence-corrected chi connectivity index (χ3v) is 5.86. The van der Waals surface area contributed by atoms with E-state index in [2.05, 4.69) is 47.8 Å². The summed E-state index contributed by atoms with van der Waals surface area (Å²) in [5.41, 5.74) is 0. The van der Waals surface area contributed by atoms with Crippen molar-refractivity contribution in [3.63, 3.8) is 0 Å². The molecule has 0 aromatic rings. The molecule has 3 nitrogen and oxygen atoms in total. The van der Waals surface area contributed by atoms with Crippen LogP contribution in [0.5, 0.6) is 0 Å². The second-order valence-corrected chi connectivity index (χ2v) is 12.2. The first-order chi connectivity index (χ1) is 8.75. The Bertz CT molecular complexity index is 265. The van der Waals surface area contributed by atoms with Crippen LogP contribution in [0.4, 0.5) is 0 Å². The fourth-order valence-electron chi connectivity index (χ4n) is 0.984. The van der Waals surface area contributed by atoms with Gasteiger partial charge in [0.2, 0.25) is 0 Å². The van der Waals surface area contributed by atoms with Crippen molar-refractivity contribution in [2.24, 2.45) is 0 Å². The molecule has 0 saturated heterocycles. The van der Waals surface area contributed by atoms with Gasteiger partial charge in [-0.2, -0.15) is 0 Å². The molecule has 0 rings (SSSR count). The highest BCUT2D eigenvalue weighted by atomic mass is 79.9. The molecule has 116 valence electrons. The summed E-state index contributed by atoms with van der Waals surface area (Å²) in [7, 11) is -3.16. The molecule has 0 saturated carbocycles. The van der Waals surface area contributed by atoms with Crippen molar-refractivity contribution in [3.8, 4) is 0 Å². The zero-order chi connectivity index (χ0) is 14.9. The second kappa shape index (κ2) is 12.0. The van der Waals surface area contributed by atoms with E-state index in [1.165, 1.54) is 0 Å². The predicted molar refractivity (Wildman–Crippen MR) is 93.9 cm³/mol. The van der Waals surface area contributed by atoms with Gasteiger partial charge in [-0.15, -0.1) is 34.8 Å². The Labute approximate surface area is 154 Å². The van der Waals surface area contributed by atoms with Gasteiger partial charge >= 0.3 is 7.60 Å². The van der Waals surface area contributed by atoms with Gasteiger partial charge in [0.05, 0.1) is 32.2 Å². The summed E-state index contributed by atoms with van der Waals surface area (Å²) in [6.07, 6.45) is 1.79. The fourth-order valence-corrected chi connectivity index (χ4v) is 4.05. The molecule has 3 atom stereocenters. The lowest BCUT2D eigenvalue weighted by molar-refractivity contribution is 0.204. The van der Waals surface area contributed by atoms with E-state index in [9.17, 15) is 4.57 Å². The van der Waals surface area contributed by atoms with Crippen molar-refractivity contribution in [2.45, 2.75) is 32.1 Å². The van der Waals surface area contributed by atoms with Gasteiger partial charge in [-0.3, -0.25) is 4.57 Å². The monoisotopic (exact) mass is 544 g/mol. The highest BCUT2D eigenvalue weighted by Gasteiger charge is 2.25. The van der Waals surface area contributed by atoms with Crippen LogP contribution in [0, 0.1) is 0 Å². The third-order valence-electron chi connectivity index (χ3n) is 1.87. The molecule has 10 heteroatoms. The van der Waals surface area contributed by atoms with Crippen molar-refractivity contribution < 1.29 is 13.6 Å². The summed E-state index contributed by atoms with van der Waals surface area (Å²) in [6, 6.07) is 0. The zero-order valence-electron chi connectivity index (χ0n) is 9.91. The van der Waals surface area contributed by atoms with Crippen molar-refractivity contribution in [3.05, 3.63) is 0 Å². The topological polar surface area (TPSA) is 35.5 Å². The minimum Gasteiger partial charge on any atom is -0.308 e. The molecule has 0 spiro atoms. The van der Waals surface area contributed by atoms with E-state index in [0.717, 1.165) is 0 Å². The van der Waals surface area contributed by atoms with E-state index in [-0.39, 0.29) is 32.2 Å². The summed E-state index contributed by atoms with van der Waals surface area (Å²) in [5.74, 6) is 0. The van der Waals surface area contributed by atoms with Gasteiger partial charge in [0, 0.05) is 0 Å². The first-order valence-electron chi connectivity index (χ1n) is 5.48. The molecule has 0 amide bonds. The predicted octanol–water partition coefficient (Wildman–Crippen LogP) is 6.26. The maximum absolute atomic E-state index is 12.4. The van der Waals surface area contributed by atoms with Crippen LogP contribution in [-0.2, 0) is 13.6 Å².